The molecule has 32 heavy (non-hydrogen) atoms. The van der Waals surface area contributed by atoms with Gasteiger partial charge in [0.15, 0.2) is 19.7 Å². The number of piperidine rings is 1. The van der Waals surface area contributed by atoms with Crippen molar-refractivity contribution >= 4 is 19.7 Å². The first kappa shape index (κ1) is 23.3. The number of sulfone groups is 2. The zero-order chi connectivity index (χ0) is 22.8. The molecule has 0 aromatic heterocycles. The van der Waals surface area contributed by atoms with E-state index in [-0.39, 0.29) is 16.4 Å². The summed E-state index contributed by atoms with van der Waals surface area (Å²) in [5.74, 6) is 0.740. The highest BCUT2D eigenvalue weighted by molar-refractivity contribution is 7.96. The SMILES string of the molecule is CCOc1ccc(S(=O)(=O)[C@H]2CS(=O)(=O)C[C@@H]2N2CCC(Cc3ccccc3)CC2)cc1. The summed E-state index contributed by atoms with van der Waals surface area (Å²) in [4.78, 5) is 2.26. The Hall–Kier alpha value is -1.90. The largest absolute Gasteiger partial charge is 0.494 e. The van der Waals surface area contributed by atoms with Gasteiger partial charge in [-0.05, 0) is 75.0 Å². The molecule has 0 spiro atoms. The van der Waals surface area contributed by atoms with Crippen molar-refractivity contribution in [2.45, 2.75) is 42.4 Å². The molecular weight excluding hydrogens is 446 g/mol. The van der Waals surface area contributed by atoms with Gasteiger partial charge in [0, 0.05) is 6.04 Å². The molecule has 0 unspecified atom stereocenters. The molecule has 174 valence electrons. The summed E-state index contributed by atoms with van der Waals surface area (Å²) in [5.41, 5.74) is 1.31. The quantitative estimate of drug-likeness (QED) is 0.610. The van der Waals surface area contributed by atoms with Crippen molar-refractivity contribution in [1.82, 2.24) is 4.90 Å². The highest BCUT2D eigenvalue weighted by Crippen LogP contribution is 2.32. The predicted molar refractivity (Wildman–Crippen MR) is 125 cm³/mol. The van der Waals surface area contributed by atoms with Gasteiger partial charge >= 0.3 is 0 Å². The molecule has 2 heterocycles. The van der Waals surface area contributed by atoms with E-state index < -0.39 is 31.0 Å². The molecule has 2 aliphatic rings. The summed E-state index contributed by atoms with van der Waals surface area (Å²) in [6, 6.07) is 16.2. The molecule has 2 saturated heterocycles. The minimum absolute atomic E-state index is 0.0860. The lowest BCUT2D eigenvalue weighted by molar-refractivity contribution is 0.144. The van der Waals surface area contributed by atoms with E-state index in [1.165, 1.54) is 17.7 Å². The van der Waals surface area contributed by atoms with Crippen LogP contribution in [-0.2, 0) is 26.1 Å². The van der Waals surface area contributed by atoms with Gasteiger partial charge in [0.1, 0.15) is 5.75 Å². The molecule has 0 bridgehead atoms. The van der Waals surface area contributed by atoms with Crippen molar-refractivity contribution < 1.29 is 21.6 Å². The van der Waals surface area contributed by atoms with Crippen LogP contribution >= 0.6 is 0 Å². The van der Waals surface area contributed by atoms with Crippen molar-refractivity contribution in [2.24, 2.45) is 5.92 Å². The molecule has 2 aromatic rings. The second-order valence-electron chi connectivity index (χ2n) is 8.80. The molecule has 6 nitrogen and oxygen atoms in total. The average Bonchev–Trinajstić information content (AvgIpc) is 3.12. The van der Waals surface area contributed by atoms with E-state index in [1.54, 1.807) is 12.1 Å². The molecule has 0 saturated carbocycles. The summed E-state index contributed by atoms with van der Waals surface area (Å²) in [6.07, 6.45) is 2.90. The summed E-state index contributed by atoms with van der Waals surface area (Å²) < 4.78 is 57.2. The zero-order valence-corrected chi connectivity index (χ0v) is 20.0. The van der Waals surface area contributed by atoms with E-state index in [9.17, 15) is 16.8 Å². The van der Waals surface area contributed by atoms with E-state index >= 15 is 0 Å². The van der Waals surface area contributed by atoms with Crippen molar-refractivity contribution in [2.75, 3.05) is 31.2 Å². The number of benzene rings is 2. The molecule has 8 heteroatoms. The fourth-order valence-electron chi connectivity index (χ4n) is 4.94. The average molecular weight is 478 g/mol. The Balaban J connectivity index is 1.48. The van der Waals surface area contributed by atoms with Crippen LogP contribution in [0.15, 0.2) is 59.5 Å². The summed E-state index contributed by atoms with van der Waals surface area (Å²) >= 11 is 0. The molecule has 2 aromatic carbocycles. The first-order valence-corrected chi connectivity index (χ1v) is 14.6. The Kier molecular flexibility index (Phi) is 6.93. The van der Waals surface area contributed by atoms with Crippen LogP contribution in [0.2, 0.25) is 0 Å². The van der Waals surface area contributed by atoms with Crippen molar-refractivity contribution in [3.63, 3.8) is 0 Å². The monoisotopic (exact) mass is 477 g/mol. The van der Waals surface area contributed by atoms with Crippen LogP contribution < -0.4 is 4.74 Å². The van der Waals surface area contributed by atoms with Crippen LogP contribution in [0.4, 0.5) is 0 Å². The minimum Gasteiger partial charge on any atom is -0.494 e. The number of rotatable bonds is 7. The van der Waals surface area contributed by atoms with Gasteiger partial charge in [-0.15, -0.1) is 0 Å². The lowest BCUT2D eigenvalue weighted by Gasteiger charge is -2.37. The van der Waals surface area contributed by atoms with E-state index in [4.69, 9.17) is 4.74 Å². The lowest BCUT2D eigenvalue weighted by atomic mass is 9.89. The Labute approximate surface area is 191 Å². The molecule has 0 amide bonds. The Morgan fingerprint density at radius 1 is 0.969 bits per heavy atom. The summed E-state index contributed by atoms with van der Waals surface area (Å²) in [6.45, 7) is 3.82. The number of nitrogens with zero attached hydrogens (tertiary/aromatic N) is 1. The predicted octanol–water partition coefficient (Wildman–Crippen LogP) is 2.98. The van der Waals surface area contributed by atoms with Crippen LogP contribution in [0.25, 0.3) is 0 Å². The molecule has 2 fully saturated rings. The highest BCUT2D eigenvalue weighted by atomic mass is 32.2. The van der Waals surface area contributed by atoms with Crippen molar-refractivity contribution in [3.8, 4) is 5.75 Å². The summed E-state index contributed by atoms with van der Waals surface area (Å²) in [5, 5.41) is -0.934. The maximum Gasteiger partial charge on any atom is 0.183 e. The van der Waals surface area contributed by atoms with E-state index in [0.29, 0.717) is 18.3 Å². The van der Waals surface area contributed by atoms with E-state index in [1.807, 2.05) is 25.1 Å². The maximum atomic E-state index is 13.4. The topological polar surface area (TPSA) is 80.8 Å². The molecule has 0 radical (unpaired) electrons. The first-order valence-electron chi connectivity index (χ1n) is 11.2. The highest BCUT2D eigenvalue weighted by Gasteiger charge is 2.48. The van der Waals surface area contributed by atoms with Crippen LogP contribution in [0.5, 0.6) is 5.75 Å². The molecule has 4 rings (SSSR count). The Bertz CT molecular complexity index is 1110. The number of hydrogen-bond acceptors (Lipinski definition) is 6. The van der Waals surface area contributed by atoms with Gasteiger partial charge in [-0.2, -0.15) is 0 Å². The van der Waals surface area contributed by atoms with Gasteiger partial charge in [-0.3, -0.25) is 4.90 Å². The third-order valence-corrected chi connectivity index (χ3v) is 10.8. The van der Waals surface area contributed by atoms with Crippen LogP contribution in [0, 0.1) is 5.92 Å². The third kappa shape index (κ3) is 5.18. The van der Waals surface area contributed by atoms with Crippen molar-refractivity contribution in [1.29, 1.82) is 0 Å². The Morgan fingerprint density at radius 3 is 2.25 bits per heavy atom. The molecular formula is C24H31NO5S2. The van der Waals surface area contributed by atoms with Gasteiger partial charge < -0.3 is 4.74 Å². The number of likely N-dealkylation sites (tertiary alicyclic amines) is 1. The lowest BCUT2D eigenvalue weighted by Crippen LogP contribution is -2.49. The van der Waals surface area contributed by atoms with Crippen LogP contribution in [0.3, 0.4) is 0 Å². The normalized spacial score (nSPS) is 24.4. The smallest absolute Gasteiger partial charge is 0.183 e. The molecule has 2 atom stereocenters. The van der Waals surface area contributed by atoms with Crippen LogP contribution in [-0.4, -0.2) is 64.2 Å². The van der Waals surface area contributed by atoms with Gasteiger partial charge in [-0.1, -0.05) is 30.3 Å². The maximum absolute atomic E-state index is 13.4. The van der Waals surface area contributed by atoms with E-state index in [0.717, 1.165) is 32.4 Å². The van der Waals surface area contributed by atoms with Gasteiger partial charge in [0.2, 0.25) is 0 Å². The zero-order valence-electron chi connectivity index (χ0n) is 18.4. The summed E-state index contributed by atoms with van der Waals surface area (Å²) in [7, 11) is -7.19. The fraction of sp³-hybridized carbons (Fsp3) is 0.500. The Morgan fingerprint density at radius 2 is 1.62 bits per heavy atom. The van der Waals surface area contributed by atoms with Gasteiger partial charge in [0.25, 0.3) is 0 Å². The van der Waals surface area contributed by atoms with Crippen molar-refractivity contribution in [3.05, 3.63) is 60.2 Å². The molecule has 0 aliphatic carbocycles. The third-order valence-electron chi connectivity index (χ3n) is 6.62. The van der Waals surface area contributed by atoms with Crippen LogP contribution in [0.1, 0.15) is 25.3 Å². The number of ether oxygens (including phenoxy) is 1. The second-order valence-corrected chi connectivity index (χ2v) is 13.1. The molecule has 0 N–H and O–H groups in total. The molecule has 2 aliphatic heterocycles. The van der Waals surface area contributed by atoms with E-state index in [2.05, 4.69) is 17.0 Å². The minimum atomic E-state index is -3.78. The standard InChI is InChI=1S/C24H31NO5S2/c1-2-30-21-8-10-22(11-9-21)32(28,29)24-18-31(26,27)17-23(24)25-14-12-20(13-15-25)16-19-6-4-3-5-7-19/h3-11,20,23-24H,2,12-18H2,1H3/t23-,24-/m0/s1. The number of hydrogen-bond donors (Lipinski definition) is 0. The van der Waals surface area contributed by atoms with Gasteiger partial charge in [0.05, 0.1) is 28.3 Å². The van der Waals surface area contributed by atoms with Gasteiger partial charge in [-0.25, -0.2) is 16.8 Å². The second kappa shape index (κ2) is 9.53. The fourth-order valence-corrected chi connectivity index (χ4v) is 9.77. The first-order chi connectivity index (χ1) is 15.3.